The number of aromatic carboxylic acids is 1. The average molecular weight is 250 g/mol. The highest BCUT2D eigenvalue weighted by Crippen LogP contribution is 2.27. The van der Waals surface area contributed by atoms with E-state index >= 15 is 0 Å². The van der Waals surface area contributed by atoms with Gasteiger partial charge in [0, 0.05) is 24.0 Å². The lowest BCUT2D eigenvalue weighted by atomic mass is 10.1. The maximum Gasteiger partial charge on any atom is 0.337 e. The molecule has 2 rings (SSSR count). The zero-order chi connectivity index (χ0) is 13.3. The fraction of sp³-hybridized carbons (Fsp3) is 0.462. The van der Waals surface area contributed by atoms with E-state index in [2.05, 4.69) is 11.8 Å². The molecule has 18 heavy (non-hydrogen) atoms. The molecule has 1 aliphatic heterocycles. The van der Waals surface area contributed by atoms with Gasteiger partial charge in [-0.25, -0.2) is 4.79 Å². The molecule has 1 fully saturated rings. The molecule has 1 aromatic carbocycles. The number of carboxylic acids is 1. The molecule has 1 saturated heterocycles. The second kappa shape index (κ2) is 4.86. The van der Waals surface area contributed by atoms with Crippen LogP contribution in [0.15, 0.2) is 12.1 Å². The van der Waals surface area contributed by atoms with Gasteiger partial charge in [0.2, 0.25) is 0 Å². The van der Waals surface area contributed by atoms with Gasteiger partial charge in [-0.3, -0.25) is 0 Å². The lowest BCUT2D eigenvalue weighted by molar-refractivity contribution is 0.0698. The van der Waals surface area contributed by atoms with Crippen molar-refractivity contribution in [1.82, 2.24) is 0 Å². The highest BCUT2D eigenvalue weighted by molar-refractivity contribution is 5.95. The largest absolute Gasteiger partial charge is 0.478 e. The van der Waals surface area contributed by atoms with Crippen molar-refractivity contribution in [2.75, 3.05) is 30.4 Å². The van der Waals surface area contributed by atoms with Crippen LogP contribution in [0.25, 0.3) is 0 Å². The van der Waals surface area contributed by atoms with Gasteiger partial charge in [0.15, 0.2) is 0 Å². The standard InChI is InChI=1S/C13H18N2O3/c1-8-5-10(6-11(12(8)14)13(16)17)15-3-4-18-7-9(15)2/h5-6,9H,3-4,7,14H2,1-2H3,(H,16,17). The zero-order valence-corrected chi connectivity index (χ0v) is 10.6. The van der Waals surface area contributed by atoms with E-state index in [1.807, 2.05) is 13.0 Å². The number of nitrogens with two attached hydrogens (primary N) is 1. The van der Waals surface area contributed by atoms with Crippen molar-refractivity contribution in [1.29, 1.82) is 0 Å². The molecule has 0 spiro atoms. The third kappa shape index (κ3) is 2.26. The molecular formula is C13H18N2O3. The highest BCUT2D eigenvalue weighted by Gasteiger charge is 2.21. The Balaban J connectivity index is 2.41. The van der Waals surface area contributed by atoms with Gasteiger partial charge >= 0.3 is 5.97 Å². The van der Waals surface area contributed by atoms with Crippen molar-refractivity contribution in [2.24, 2.45) is 0 Å². The predicted molar refractivity (Wildman–Crippen MR) is 70.2 cm³/mol. The Morgan fingerprint density at radius 1 is 1.56 bits per heavy atom. The van der Waals surface area contributed by atoms with Gasteiger partial charge in [-0.15, -0.1) is 0 Å². The van der Waals surface area contributed by atoms with Crippen LogP contribution in [0.2, 0.25) is 0 Å². The van der Waals surface area contributed by atoms with Crippen LogP contribution in [0.5, 0.6) is 0 Å². The van der Waals surface area contributed by atoms with Crippen LogP contribution in [-0.4, -0.2) is 36.9 Å². The molecule has 0 radical (unpaired) electrons. The van der Waals surface area contributed by atoms with E-state index in [-0.39, 0.29) is 11.6 Å². The number of rotatable bonds is 2. The number of carboxylic acid groups (broad SMARTS) is 1. The summed E-state index contributed by atoms with van der Waals surface area (Å²) in [7, 11) is 0. The smallest absolute Gasteiger partial charge is 0.337 e. The second-order valence-corrected chi connectivity index (χ2v) is 4.65. The van der Waals surface area contributed by atoms with Gasteiger partial charge in [-0.05, 0) is 31.5 Å². The van der Waals surface area contributed by atoms with E-state index in [9.17, 15) is 4.79 Å². The molecular weight excluding hydrogens is 232 g/mol. The average Bonchev–Trinajstić information content (AvgIpc) is 2.33. The maximum atomic E-state index is 11.2. The molecule has 0 aromatic heterocycles. The number of nitrogens with zero attached hydrogens (tertiary/aromatic N) is 1. The molecule has 0 saturated carbocycles. The summed E-state index contributed by atoms with van der Waals surface area (Å²) < 4.78 is 5.38. The van der Waals surface area contributed by atoms with Gasteiger partial charge < -0.3 is 20.5 Å². The molecule has 5 nitrogen and oxygen atoms in total. The first-order valence-corrected chi connectivity index (χ1v) is 5.98. The van der Waals surface area contributed by atoms with Gasteiger partial charge in [-0.2, -0.15) is 0 Å². The SMILES string of the molecule is Cc1cc(N2CCOCC2C)cc(C(=O)O)c1N. The number of benzene rings is 1. The Morgan fingerprint density at radius 2 is 2.28 bits per heavy atom. The van der Waals surface area contributed by atoms with Crippen molar-refractivity contribution in [3.63, 3.8) is 0 Å². The summed E-state index contributed by atoms with van der Waals surface area (Å²) in [6, 6.07) is 3.82. The Morgan fingerprint density at radius 3 is 2.89 bits per heavy atom. The van der Waals surface area contributed by atoms with Crippen molar-refractivity contribution >= 4 is 17.3 Å². The molecule has 0 amide bonds. The minimum atomic E-state index is -0.988. The number of nitrogen functional groups attached to an aromatic ring is 1. The maximum absolute atomic E-state index is 11.2. The molecule has 3 N–H and O–H groups in total. The quantitative estimate of drug-likeness (QED) is 0.778. The molecule has 1 atom stereocenters. The van der Waals surface area contributed by atoms with Crippen LogP contribution in [-0.2, 0) is 4.74 Å². The minimum Gasteiger partial charge on any atom is -0.478 e. The molecule has 0 bridgehead atoms. The first kappa shape index (κ1) is 12.7. The Kier molecular flexibility index (Phi) is 3.43. The molecule has 1 aliphatic rings. The Hall–Kier alpha value is -1.75. The lowest BCUT2D eigenvalue weighted by Crippen LogP contribution is -2.43. The molecule has 98 valence electrons. The van der Waals surface area contributed by atoms with Crippen LogP contribution >= 0.6 is 0 Å². The van der Waals surface area contributed by atoms with Crippen LogP contribution in [0, 0.1) is 6.92 Å². The first-order valence-electron chi connectivity index (χ1n) is 5.98. The van der Waals surface area contributed by atoms with E-state index in [1.165, 1.54) is 0 Å². The van der Waals surface area contributed by atoms with Gasteiger partial charge in [0.1, 0.15) is 0 Å². The fourth-order valence-electron chi connectivity index (χ4n) is 2.23. The summed E-state index contributed by atoms with van der Waals surface area (Å²) >= 11 is 0. The van der Waals surface area contributed by atoms with Crippen LogP contribution in [0.4, 0.5) is 11.4 Å². The minimum absolute atomic E-state index is 0.170. The van der Waals surface area contributed by atoms with Crippen molar-refractivity contribution < 1.29 is 14.6 Å². The van der Waals surface area contributed by atoms with Crippen LogP contribution < -0.4 is 10.6 Å². The molecule has 0 aliphatic carbocycles. The van der Waals surface area contributed by atoms with Crippen LogP contribution in [0.1, 0.15) is 22.8 Å². The number of hydrogen-bond acceptors (Lipinski definition) is 4. The second-order valence-electron chi connectivity index (χ2n) is 4.65. The summed E-state index contributed by atoms with van der Waals surface area (Å²) in [5.74, 6) is -0.988. The normalized spacial score (nSPS) is 19.9. The summed E-state index contributed by atoms with van der Waals surface area (Å²) in [6.07, 6.45) is 0. The van der Waals surface area contributed by atoms with Crippen LogP contribution in [0.3, 0.4) is 0 Å². The third-order valence-corrected chi connectivity index (χ3v) is 3.30. The number of ether oxygens (including phenoxy) is 1. The van der Waals surface area contributed by atoms with E-state index < -0.39 is 5.97 Å². The Labute approximate surface area is 106 Å². The topological polar surface area (TPSA) is 75.8 Å². The number of anilines is 2. The van der Waals surface area contributed by atoms with Gasteiger partial charge in [-0.1, -0.05) is 0 Å². The lowest BCUT2D eigenvalue weighted by Gasteiger charge is -2.35. The molecule has 1 aromatic rings. The predicted octanol–water partition coefficient (Wildman–Crippen LogP) is 1.50. The fourth-order valence-corrected chi connectivity index (χ4v) is 2.23. The summed E-state index contributed by atoms with van der Waals surface area (Å²) in [4.78, 5) is 13.3. The van der Waals surface area contributed by atoms with Crippen molar-refractivity contribution in [3.8, 4) is 0 Å². The van der Waals surface area contributed by atoms with E-state index in [1.54, 1.807) is 6.07 Å². The van der Waals surface area contributed by atoms with Gasteiger partial charge in [0.25, 0.3) is 0 Å². The summed E-state index contributed by atoms with van der Waals surface area (Å²) in [5, 5.41) is 9.16. The molecule has 1 heterocycles. The molecule has 5 heteroatoms. The number of morpholine rings is 1. The molecule has 1 unspecified atom stereocenters. The zero-order valence-electron chi connectivity index (χ0n) is 10.6. The summed E-state index contributed by atoms with van der Waals surface area (Å²) in [5.41, 5.74) is 8.00. The number of hydrogen-bond donors (Lipinski definition) is 2. The third-order valence-electron chi connectivity index (χ3n) is 3.30. The number of carbonyl (C=O) groups is 1. The first-order chi connectivity index (χ1) is 8.50. The van der Waals surface area contributed by atoms with E-state index in [0.717, 1.165) is 17.8 Å². The monoisotopic (exact) mass is 250 g/mol. The Bertz CT molecular complexity index is 474. The summed E-state index contributed by atoms with van der Waals surface area (Å²) in [6.45, 7) is 5.98. The van der Waals surface area contributed by atoms with E-state index in [4.69, 9.17) is 15.6 Å². The van der Waals surface area contributed by atoms with Gasteiger partial charge in [0.05, 0.1) is 18.8 Å². The number of aryl methyl sites for hydroxylation is 1. The van der Waals surface area contributed by atoms with E-state index in [0.29, 0.717) is 18.9 Å². The van der Waals surface area contributed by atoms with Crippen molar-refractivity contribution in [2.45, 2.75) is 19.9 Å². The highest BCUT2D eigenvalue weighted by atomic mass is 16.5. The van der Waals surface area contributed by atoms with Crippen molar-refractivity contribution in [3.05, 3.63) is 23.3 Å².